The van der Waals surface area contributed by atoms with E-state index in [1.165, 1.54) is 12.0 Å². The van der Waals surface area contributed by atoms with Crippen molar-refractivity contribution < 1.29 is 14.3 Å². The van der Waals surface area contributed by atoms with Crippen LogP contribution in [0.4, 0.5) is 0 Å². The highest BCUT2D eigenvalue weighted by atomic mass is 16.5. The van der Waals surface area contributed by atoms with Crippen LogP contribution in [0.2, 0.25) is 0 Å². The first kappa shape index (κ1) is 18.9. The number of nitrogens with zero attached hydrogens (tertiary/aromatic N) is 1. The van der Waals surface area contributed by atoms with Crippen LogP contribution in [0.1, 0.15) is 37.8 Å². The van der Waals surface area contributed by atoms with Crippen LogP contribution >= 0.6 is 0 Å². The van der Waals surface area contributed by atoms with Crippen LogP contribution in [0.3, 0.4) is 0 Å². The second-order valence-electron chi connectivity index (χ2n) is 6.60. The molecule has 0 aromatic heterocycles. The van der Waals surface area contributed by atoms with Gasteiger partial charge in [-0.25, -0.2) is 0 Å². The minimum Gasteiger partial charge on any atom is -0.376 e. The van der Waals surface area contributed by atoms with Crippen molar-refractivity contribution in [3.8, 4) is 0 Å². The molecule has 5 nitrogen and oxygen atoms in total. The molecule has 1 aromatic rings. The molecule has 1 aliphatic rings. The summed E-state index contributed by atoms with van der Waals surface area (Å²) in [5, 5.41) is 3.00. The summed E-state index contributed by atoms with van der Waals surface area (Å²) in [6, 6.07) is 10.3. The highest BCUT2D eigenvalue weighted by Gasteiger charge is 2.20. The lowest BCUT2D eigenvalue weighted by Gasteiger charge is -2.26. The van der Waals surface area contributed by atoms with Gasteiger partial charge in [-0.3, -0.25) is 4.79 Å². The maximum Gasteiger partial charge on any atom is 0.248 e. The van der Waals surface area contributed by atoms with Crippen molar-refractivity contribution in [1.82, 2.24) is 10.2 Å². The molecule has 1 aliphatic heterocycles. The molecule has 2 rings (SSSR count). The Morgan fingerprint density at radius 3 is 2.71 bits per heavy atom. The van der Waals surface area contributed by atoms with Crippen molar-refractivity contribution in [3.63, 3.8) is 0 Å². The summed E-state index contributed by atoms with van der Waals surface area (Å²) in [6.07, 6.45) is 2.99. The van der Waals surface area contributed by atoms with Gasteiger partial charge in [-0.1, -0.05) is 30.3 Å². The molecule has 0 radical (unpaired) electrons. The van der Waals surface area contributed by atoms with Gasteiger partial charge in [-0.15, -0.1) is 0 Å². The van der Waals surface area contributed by atoms with Crippen molar-refractivity contribution in [2.75, 3.05) is 33.9 Å². The predicted molar refractivity (Wildman–Crippen MR) is 94.9 cm³/mol. The summed E-state index contributed by atoms with van der Waals surface area (Å²) in [5.74, 6) is -0.0754. The third kappa shape index (κ3) is 5.89. The number of rotatable bonds is 8. The molecule has 1 N–H and O–H groups in total. The standard InChI is InChI=1S/C19H30N2O3/c1-15(24-14-17-11-7-8-12-23-17)19(22)20-13-18(21(2)3)16-9-5-4-6-10-16/h4-6,9-10,15,17-18H,7-8,11-14H2,1-3H3,(H,20,22). The summed E-state index contributed by atoms with van der Waals surface area (Å²) in [7, 11) is 4.04. The number of nitrogens with one attached hydrogen (secondary N) is 1. The second kappa shape index (κ2) is 9.77. The number of hydrogen-bond donors (Lipinski definition) is 1. The Hall–Kier alpha value is -1.43. The van der Waals surface area contributed by atoms with Crippen molar-refractivity contribution >= 4 is 5.91 Å². The fourth-order valence-electron chi connectivity index (χ4n) is 2.88. The molecule has 1 saturated heterocycles. The van der Waals surface area contributed by atoms with Crippen LogP contribution in [0, 0.1) is 0 Å². The maximum absolute atomic E-state index is 12.3. The smallest absolute Gasteiger partial charge is 0.248 e. The molecule has 1 amide bonds. The summed E-state index contributed by atoms with van der Waals surface area (Å²) in [6.45, 7) is 3.65. The van der Waals surface area contributed by atoms with Crippen LogP contribution < -0.4 is 5.32 Å². The summed E-state index contributed by atoms with van der Waals surface area (Å²) < 4.78 is 11.3. The highest BCUT2D eigenvalue weighted by Crippen LogP contribution is 2.17. The first-order valence-corrected chi connectivity index (χ1v) is 8.80. The fraction of sp³-hybridized carbons (Fsp3) is 0.632. The molecule has 134 valence electrons. The fourth-order valence-corrected chi connectivity index (χ4v) is 2.88. The molecule has 24 heavy (non-hydrogen) atoms. The van der Waals surface area contributed by atoms with Gasteiger partial charge >= 0.3 is 0 Å². The topological polar surface area (TPSA) is 50.8 Å². The van der Waals surface area contributed by atoms with Gasteiger partial charge in [0.1, 0.15) is 6.10 Å². The Balaban J connectivity index is 1.77. The molecule has 3 atom stereocenters. The third-order valence-electron chi connectivity index (χ3n) is 4.45. The Bertz CT molecular complexity index is 487. The quantitative estimate of drug-likeness (QED) is 0.793. The number of carbonyl (C=O) groups is 1. The van der Waals surface area contributed by atoms with Gasteiger partial charge < -0.3 is 19.7 Å². The SMILES string of the molecule is CC(OCC1CCCCO1)C(=O)NCC(c1ccccc1)N(C)C. The Labute approximate surface area is 145 Å². The largest absolute Gasteiger partial charge is 0.376 e. The van der Waals surface area contributed by atoms with Crippen LogP contribution in [-0.4, -0.2) is 56.9 Å². The van der Waals surface area contributed by atoms with E-state index in [0.29, 0.717) is 13.2 Å². The number of hydrogen-bond acceptors (Lipinski definition) is 4. The minimum atomic E-state index is -0.464. The molecule has 0 bridgehead atoms. The van der Waals surface area contributed by atoms with E-state index in [-0.39, 0.29) is 18.1 Å². The average Bonchev–Trinajstić information content (AvgIpc) is 2.61. The Morgan fingerprint density at radius 2 is 2.08 bits per heavy atom. The molecule has 1 aromatic carbocycles. The molecular formula is C19H30N2O3. The van der Waals surface area contributed by atoms with Gasteiger partial charge in [0.25, 0.3) is 0 Å². The summed E-state index contributed by atoms with van der Waals surface area (Å²) in [5.41, 5.74) is 1.19. The molecule has 1 fully saturated rings. The van der Waals surface area contributed by atoms with E-state index in [0.717, 1.165) is 19.4 Å². The first-order valence-electron chi connectivity index (χ1n) is 8.80. The Morgan fingerprint density at radius 1 is 1.33 bits per heavy atom. The molecule has 3 unspecified atom stereocenters. The van der Waals surface area contributed by atoms with E-state index in [4.69, 9.17) is 9.47 Å². The van der Waals surface area contributed by atoms with E-state index >= 15 is 0 Å². The normalized spacial score (nSPS) is 20.6. The first-order chi connectivity index (χ1) is 11.6. The number of carbonyl (C=O) groups excluding carboxylic acids is 1. The second-order valence-corrected chi connectivity index (χ2v) is 6.60. The van der Waals surface area contributed by atoms with E-state index in [1.54, 1.807) is 6.92 Å². The van der Waals surface area contributed by atoms with Gasteiger partial charge in [0.15, 0.2) is 0 Å². The number of ether oxygens (including phenoxy) is 2. The van der Waals surface area contributed by atoms with E-state index < -0.39 is 6.10 Å². The van der Waals surface area contributed by atoms with E-state index in [9.17, 15) is 4.79 Å². The van der Waals surface area contributed by atoms with Gasteiger partial charge in [0.2, 0.25) is 5.91 Å². The van der Waals surface area contributed by atoms with E-state index in [1.807, 2.05) is 32.3 Å². The Kier molecular flexibility index (Phi) is 7.69. The maximum atomic E-state index is 12.3. The predicted octanol–water partition coefficient (Wildman–Crippen LogP) is 2.38. The van der Waals surface area contributed by atoms with Crippen molar-refractivity contribution in [2.45, 2.75) is 44.4 Å². The lowest BCUT2D eigenvalue weighted by Crippen LogP contribution is -2.41. The molecular weight excluding hydrogens is 304 g/mol. The molecule has 5 heteroatoms. The zero-order valence-electron chi connectivity index (χ0n) is 15.0. The summed E-state index contributed by atoms with van der Waals surface area (Å²) >= 11 is 0. The van der Waals surface area contributed by atoms with Crippen molar-refractivity contribution in [2.24, 2.45) is 0 Å². The number of amides is 1. The summed E-state index contributed by atoms with van der Waals surface area (Å²) in [4.78, 5) is 14.4. The van der Waals surface area contributed by atoms with Crippen LogP contribution in [0.25, 0.3) is 0 Å². The van der Waals surface area contributed by atoms with Crippen molar-refractivity contribution in [3.05, 3.63) is 35.9 Å². The average molecular weight is 334 g/mol. The van der Waals surface area contributed by atoms with Crippen LogP contribution in [0.5, 0.6) is 0 Å². The lowest BCUT2D eigenvalue weighted by atomic mass is 10.1. The zero-order chi connectivity index (χ0) is 17.4. The zero-order valence-corrected chi connectivity index (χ0v) is 15.0. The van der Waals surface area contributed by atoms with Gasteiger partial charge in [0, 0.05) is 13.2 Å². The van der Waals surface area contributed by atoms with Gasteiger partial charge in [-0.2, -0.15) is 0 Å². The van der Waals surface area contributed by atoms with Crippen molar-refractivity contribution in [1.29, 1.82) is 0 Å². The lowest BCUT2D eigenvalue weighted by molar-refractivity contribution is -0.135. The van der Waals surface area contributed by atoms with Gasteiger partial charge in [-0.05, 0) is 45.8 Å². The third-order valence-corrected chi connectivity index (χ3v) is 4.45. The van der Waals surface area contributed by atoms with Crippen LogP contribution in [-0.2, 0) is 14.3 Å². The molecule has 0 saturated carbocycles. The molecule has 0 spiro atoms. The highest BCUT2D eigenvalue weighted by molar-refractivity contribution is 5.80. The molecule has 1 heterocycles. The van der Waals surface area contributed by atoms with Gasteiger partial charge in [0.05, 0.1) is 18.8 Å². The molecule has 0 aliphatic carbocycles. The minimum absolute atomic E-state index is 0.0754. The number of benzene rings is 1. The monoisotopic (exact) mass is 334 g/mol. The number of likely N-dealkylation sites (N-methyl/N-ethyl adjacent to an activating group) is 1. The van der Waals surface area contributed by atoms with E-state index in [2.05, 4.69) is 22.3 Å². The van der Waals surface area contributed by atoms with Crippen LogP contribution in [0.15, 0.2) is 30.3 Å².